The third-order valence-electron chi connectivity index (χ3n) is 3.40. The molecule has 1 fully saturated rings. The molecule has 2 unspecified atom stereocenters. The zero-order chi connectivity index (χ0) is 13.0. The summed E-state index contributed by atoms with van der Waals surface area (Å²) in [5.74, 6) is 2.38. The maximum atomic E-state index is 6.03. The van der Waals surface area contributed by atoms with Crippen molar-refractivity contribution in [2.75, 3.05) is 12.3 Å². The summed E-state index contributed by atoms with van der Waals surface area (Å²) >= 11 is 0. The second-order valence-electron chi connectivity index (χ2n) is 5.18. The predicted octanol–water partition coefficient (Wildman–Crippen LogP) is 3.63. The molecule has 2 atom stereocenters. The smallest absolute Gasteiger partial charge is 0.125 e. The van der Waals surface area contributed by atoms with Gasteiger partial charge in [0.15, 0.2) is 0 Å². The van der Waals surface area contributed by atoms with E-state index in [4.69, 9.17) is 15.2 Å². The van der Waals surface area contributed by atoms with Crippen LogP contribution < -0.4 is 15.2 Å². The van der Waals surface area contributed by atoms with E-state index in [0.717, 1.165) is 30.3 Å². The number of hydrogen-bond acceptors (Lipinski definition) is 3. The maximum Gasteiger partial charge on any atom is 0.125 e. The number of ether oxygens (including phenoxy) is 2. The molecule has 2 N–H and O–H groups in total. The lowest BCUT2D eigenvalue weighted by Crippen LogP contribution is -2.24. The molecular weight excluding hydrogens is 226 g/mol. The van der Waals surface area contributed by atoms with Crippen LogP contribution in [0.2, 0.25) is 0 Å². The minimum Gasteiger partial charge on any atom is -0.494 e. The first-order valence-corrected chi connectivity index (χ1v) is 6.87. The first-order chi connectivity index (χ1) is 8.67. The van der Waals surface area contributed by atoms with Gasteiger partial charge >= 0.3 is 0 Å². The molecule has 1 aliphatic rings. The van der Waals surface area contributed by atoms with Gasteiger partial charge in [0.1, 0.15) is 11.5 Å². The zero-order valence-electron chi connectivity index (χ0n) is 11.3. The topological polar surface area (TPSA) is 44.5 Å². The predicted molar refractivity (Wildman–Crippen MR) is 74.1 cm³/mol. The van der Waals surface area contributed by atoms with Gasteiger partial charge in [-0.3, -0.25) is 0 Å². The molecule has 1 aliphatic carbocycles. The standard InChI is InChI=1S/C15H23NO2/c1-3-17-14-8-12(16)9-15(10-14)18-13-6-4-5-11(2)7-13/h8-11,13H,3-7,16H2,1-2H3. The average molecular weight is 249 g/mol. The molecule has 18 heavy (non-hydrogen) atoms. The lowest BCUT2D eigenvalue weighted by Gasteiger charge is -2.27. The van der Waals surface area contributed by atoms with Crippen LogP contribution in [-0.2, 0) is 0 Å². The van der Waals surface area contributed by atoms with E-state index in [0.29, 0.717) is 18.4 Å². The van der Waals surface area contributed by atoms with E-state index >= 15 is 0 Å². The van der Waals surface area contributed by atoms with E-state index in [2.05, 4.69) is 6.92 Å². The molecule has 3 nitrogen and oxygen atoms in total. The van der Waals surface area contributed by atoms with Crippen molar-refractivity contribution in [3.63, 3.8) is 0 Å². The third-order valence-corrected chi connectivity index (χ3v) is 3.40. The Bertz CT molecular complexity index is 392. The Morgan fingerprint density at radius 3 is 2.72 bits per heavy atom. The van der Waals surface area contributed by atoms with Crippen LogP contribution >= 0.6 is 0 Å². The van der Waals surface area contributed by atoms with Gasteiger partial charge in [0.05, 0.1) is 12.7 Å². The van der Waals surface area contributed by atoms with Crippen molar-refractivity contribution in [1.82, 2.24) is 0 Å². The van der Waals surface area contributed by atoms with Crippen molar-refractivity contribution in [3.05, 3.63) is 18.2 Å². The van der Waals surface area contributed by atoms with E-state index in [1.165, 1.54) is 12.8 Å². The molecule has 0 spiro atoms. The monoisotopic (exact) mass is 249 g/mol. The first-order valence-electron chi connectivity index (χ1n) is 6.87. The van der Waals surface area contributed by atoms with Gasteiger partial charge in [-0.25, -0.2) is 0 Å². The van der Waals surface area contributed by atoms with E-state index in [-0.39, 0.29) is 0 Å². The number of hydrogen-bond donors (Lipinski definition) is 1. The normalized spacial score (nSPS) is 23.7. The molecule has 100 valence electrons. The van der Waals surface area contributed by atoms with E-state index in [9.17, 15) is 0 Å². The summed E-state index contributed by atoms with van der Waals surface area (Å²) < 4.78 is 11.5. The van der Waals surface area contributed by atoms with Crippen LogP contribution in [0.25, 0.3) is 0 Å². The van der Waals surface area contributed by atoms with Crippen LogP contribution in [0.5, 0.6) is 11.5 Å². The van der Waals surface area contributed by atoms with Gasteiger partial charge in [-0.2, -0.15) is 0 Å². The summed E-state index contributed by atoms with van der Waals surface area (Å²) in [6, 6.07) is 5.64. The second kappa shape index (κ2) is 5.98. The highest BCUT2D eigenvalue weighted by Crippen LogP contribution is 2.30. The molecule has 0 aliphatic heterocycles. The quantitative estimate of drug-likeness (QED) is 0.829. The summed E-state index contributed by atoms with van der Waals surface area (Å²) in [7, 11) is 0. The number of benzene rings is 1. The van der Waals surface area contributed by atoms with Crippen LogP contribution in [-0.4, -0.2) is 12.7 Å². The van der Waals surface area contributed by atoms with Gasteiger partial charge in [-0.15, -0.1) is 0 Å². The van der Waals surface area contributed by atoms with E-state index < -0.39 is 0 Å². The number of anilines is 1. The summed E-state index contributed by atoms with van der Waals surface area (Å²) in [6.07, 6.45) is 5.18. The lowest BCUT2D eigenvalue weighted by molar-refractivity contribution is 0.129. The SMILES string of the molecule is CCOc1cc(N)cc(OC2CCCC(C)C2)c1. The van der Waals surface area contributed by atoms with Gasteiger partial charge in [0.2, 0.25) is 0 Å². The van der Waals surface area contributed by atoms with Crippen molar-refractivity contribution in [2.24, 2.45) is 5.92 Å². The van der Waals surface area contributed by atoms with Gasteiger partial charge in [-0.1, -0.05) is 13.3 Å². The van der Waals surface area contributed by atoms with Crippen molar-refractivity contribution in [2.45, 2.75) is 45.6 Å². The fraction of sp³-hybridized carbons (Fsp3) is 0.600. The molecule has 2 rings (SSSR count). The Morgan fingerprint density at radius 1 is 1.22 bits per heavy atom. The largest absolute Gasteiger partial charge is 0.494 e. The van der Waals surface area contributed by atoms with Gasteiger partial charge in [0, 0.05) is 23.9 Å². The minimum absolute atomic E-state index is 0.324. The Hall–Kier alpha value is -1.38. The summed E-state index contributed by atoms with van der Waals surface area (Å²) in [5.41, 5.74) is 6.56. The number of nitrogens with two attached hydrogens (primary N) is 1. The van der Waals surface area contributed by atoms with Crippen LogP contribution in [0, 0.1) is 5.92 Å². The molecule has 0 aromatic heterocycles. The summed E-state index contributed by atoms with van der Waals surface area (Å²) in [5, 5.41) is 0. The third kappa shape index (κ3) is 3.56. The van der Waals surface area contributed by atoms with Crippen molar-refractivity contribution in [1.29, 1.82) is 0 Å². The Balaban J connectivity index is 2.03. The second-order valence-corrected chi connectivity index (χ2v) is 5.18. The Morgan fingerprint density at radius 2 is 2.00 bits per heavy atom. The van der Waals surface area contributed by atoms with Crippen molar-refractivity contribution in [3.8, 4) is 11.5 Å². The molecule has 0 heterocycles. The molecular formula is C15H23NO2. The van der Waals surface area contributed by atoms with E-state index in [1.54, 1.807) is 0 Å². The van der Waals surface area contributed by atoms with Crippen LogP contribution in [0.3, 0.4) is 0 Å². The first kappa shape index (κ1) is 13.1. The van der Waals surface area contributed by atoms with Crippen LogP contribution in [0.4, 0.5) is 5.69 Å². The van der Waals surface area contributed by atoms with Gasteiger partial charge in [-0.05, 0) is 32.1 Å². The molecule has 0 radical (unpaired) electrons. The van der Waals surface area contributed by atoms with Crippen LogP contribution in [0.15, 0.2) is 18.2 Å². The molecule has 0 bridgehead atoms. The fourth-order valence-electron chi connectivity index (χ4n) is 2.59. The Labute approximate surface area is 109 Å². The fourth-order valence-corrected chi connectivity index (χ4v) is 2.59. The maximum absolute atomic E-state index is 6.03. The number of nitrogen functional groups attached to an aromatic ring is 1. The summed E-state index contributed by atoms with van der Waals surface area (Å²) in [6.45, 7) is 4.90. The lowest BCUT2D eigenvalue weighted by atomic mass is 9.89. The highest BCUT2D eigenvalue weighted by atomic mass is 16.5. The molecule has 1 aromatic rings. The molecule has 3 heteroatoms. The minimum atomic E-state index is 0.324. The summed E-state index contributed by atoms with van der Waals surface area (Å²) in [4.78, 5) is 0. The highest BCUT2D eigenvalue weighted by molar-refractivity contribution is 5.50. The van der Waals surface area contributed by atoms with E-state index in [1.807, 2.05) is 25.1 Å². The van der Waals surface area contributed by atoms with Crippen molar-refractivity contribution < 1.29 is 9.47 Å². The van der Waals surface area contributed by atoms with Gasteiger partial charge < -0.3 is 15.2 Å². The number of rotatable bonds is 4. The van der Waals surface area contributed by atoms with Crippen molar-refractivity contribution >= 4 is 5.69 Å². The molecule has 1 aromatic carbocycles. The zero-order valence-corrected chi connectivity index (χ0v) is 11.3. The molecule has 0 saturated heterocycles. The molecule has 0 amide bonds. The average Bonchev–Trinajstić information content (AvgIpc) is 2.28. The molecule has 1 saturated carbocycles. The highest BCUT2D eigenvalue weighted by Gasteiger charge is 2.20. The van der Waals surface area contributed by atoms with Crippen LogP contribution in [0.1, 0.15) is 39.5 Å². The Kier molecular flexibility index (Phi) is 4.34. The van der Waals surface area contributed by atoms with Gasteiger partial charge in [0.25, 0.3) is 0 Å².